The maximum atomic E-state index is 13.0. The summed E-state index contributed by atoms with van der Waals surface area (Å²) >= 11 is 0. The van der Waals surface area contributed by atoms with E-state index in [1.165, 1.54) is 6.42 Å². The number of hydrogen-bond donors (Lipinski definition) is 1. The summed E-state index contributed by atoms with van der Waals surface area (Å²) in [7, 11) is 1.63. The van der Waals surface area contributed by atoms with E-state index in [1.54, 1.807) is 13.3 Å². The summed E-state index contributed by atoms with van der Waals surface area (Å²) < 4.78 is 5.47. The number of rotatable bonds is 4. The van der Waals surface area contributed by atoms with E-state index in [0.717, 1.165) is 42.7 Å². The maximum Gasteiger partial charge on any atom is 0.262 e. The van der Waals surface area contributed by atoms with Gasteiger partial charge in [0.1, 0.15) is 5.75 Å². The van der Waals surface area contributed by atoms with E-state index in [9.17, 15) is 4.79 Å². The van der Waals surface area contributed by atoms with Crippen molar-refractivity contribution in [2.45, 2.75) is 38.6 Å². The number of piperidine rings is 1. The van der Waals surface area contributed by atoms with Gasteiger partial charge in [-0.3, -0.25) is 9.78 Å². The van der Waals surface area contributed by atoms with Crippen LogP contribution in [0.15, 0.2) is 41.3 Å². The van der Waals surface area contributed by atoms with Crippen LogP contribution in [0.25, 0.3) is 22.2 Å². The van der Waals surface area contributed by atoms with Crippen molar-refractivity contribution in [2.75, 3.05) is 18.6 Å². The lowest BCUT2D eigenvalue weighted by Gasteiger charge is -2.35. The predicted octanol–water partition coefficient (Wildman–Crippen LogP) is 3.76. The molecule has 2 aromatic heterocycles. The number of nitrogens with zero attached hydrogens (tertiary/aromatic N) is 3. The number of pyridine rings is 1. The number of nitrogens with one attached hydrogen (secondary N) is 1. The van der Waals surface area contributed by atoms with E-state index in [4.69, 9.17) is 9.72 Å². The van der Waals surface area contributed by atoms with Gasteiger partial charge in [-0.15, -0.1) is 0 Å². The van der Waals surface area contributed by atoms with Crippen molar-refractivity contribution in [1.82, 2.24) is 15.0 Å². The lowest BCUT2D eigenvalue weighted by molar-refractivity contribution is 0.416. The fourth-order valence-electron chi connectivity index (χ4n) is 3.98. The fraction of sp³-hybridized carbons (Fsp3) is 0.381. The van der Waals surface area contributed by atoms with Gasteiger partial charge in [0, 0.05) is 29.9 Å². The highest BCUT2D eigenvalue weighted by Crippen LogP contribution is 2.33. The minimum absolute atomic E-state index is 0.163. The van der Waals surface area contributed by atoms with Gasteiger partial charge in [-0.2, -0.15) is 4.98 Å². The minimum atomic E-state index is -0.163. The van der Waals surface area contributed by atoms with E-state index < -0.39 is 0 Å². The quantitative estimate of drug-likeness (QED) is 0.763. The molecule has 3 heterocycles. The summed E-state index contributed by atoms with van der Waals surface area (Å²) in [4.78, 5) is 27.4. The third-order valence-electron chi connectivity index (χ3n) is 5.36. The Morgan fingerprint density at radius 2 is 2.07 bits per heavy atom. The molecule has 27 heavy (non-hydrogen) atoms. The van der Waals surface area contributed by atoms with Crippen LogP contribution in [0.4, 0.5) is 5.95 Å². The van der Waals surface area contributed by atoms with Crippen LogP contribution in [-0.4, -0.2) is 34.6 Å². The van der Waals surface area contributed by atoms with Crippen LogP contribution in [0, 0.1) is 0 Å². The van der Waals surface area contributed by atoms with E-state index in [0.29, 0.717) is 23.0 Å². The summed E-state index contributed by atoms with van der Waals surface area (Å²) in [5.74, 6) is 1.35. The fourth-order valence-corrected chi connectivity index (χ4v) is 3.98. The molecule has 0 spiro atoms. The number of aromatic nitrogens is 3. The second kappa shape index (κ2) is 7.39. The Bertz CT molecular complexity index is 1010. The van der Waals surface area contributed by atoms with Crippen molar-refractivity contribution in [3.05, 3.63) is 46.9 Å². The second-order valence-electron chi connectivity index (χ2n) is 6.90. The zero-order valence-electron chi connectivity index (χ0n) is 15.7. The molecule has 0 saturated carbocycles. The summed E-state index contributed by atoms with van der Waals surface area (Å²) in [5, 5.41) is 0.496. The molecule has 1 N–H and O–H groups in total. The highest BCUT2D eigenvalue weighted by molar-refractivity contribution is 5.93. The number of H-pyrrole nitrogens is 1. The first kappa shape index (κ1) is 17.5. The molecule has 0 amide bonds. The summed E-state index contributed by atoms with van der Waals surface area (Å²) in [5.41, 5.74) is 1.95. The molecule has 1 aromatic carbocycles. The second-order valence-corrected chi connectivity index (χ2v) is 6.90. The molecule has 1 unspecified atom stereocenters. The number of fused-ring (bicyclic) bond motifs is 1. The van der Waals surface area contributed by atoms with Crippen molar-refractivity contribution in [2.24, 2.45) is 0 Å². The molecule has 1 aliphatic heterocycles. The van der Waals surface area contributed by atoms with Crippen molar-refractivity contribution in [3.63, 3.8) is 0 Å². The molecule has 140 valence electrons. The Morgan fingerprint density at radius 3 is 2.89 bits per heavy atom. The smallest absolute Gasteiger partial charge is 0.262 e. The first-order chi connectivity index (χ1) is 13.2. The molecule has 6 heteroatoms. The summed E-state index contributed by atoms with van der Waals surface area (Å²) in [6, 6.07) is 9.92. The third kappa shape index (κ3) is 3.16. The zero-order valence-corrected chi connectivity index (χ0v) is 15.7. The highest BCUT2D eigenvalue weighted by atomic mass is 16.5. The van der Waals surface area contributed by atoms with E-state index >= 15 is 0 Å². The highest BCUT2D eigenvalue weighted by Gasteiger charge is 2.24. The van der Waals surface area contributed by atoms with Gasteiger partial charge in [0.2, 0.25) is 5.95 Å². The number of anilines is 1. The van der Waals surface area contributed by atoms with Crippen LogP contribution in [0.5, 0.6) is 5.75 Å². The van der Waals surface area contributed by atoms with Crippen molar-refractivity contribution >= 4 is 17.0 Å². The van der Waals surface area contributed by atoms with Gasteiger partial charge in [-0.1, -0.05) is 25.1 Å². The molecule has 3 aromatic rings. The maximum absolute atomic E-state index is 13.0. The largest absolute Gasteiger partial charge is 0.496 e. The molecule has 1 saturated heterocycles. The number of methoxy groups -OCH3 is 1. The Labute approximate surface area is 158 Å². The SMILES string of the molecule is CCC1CCCCN1c1nc2nccc(-c3ccccc3OC)c2c(=O)[nH]1. The van der Waals surface area contributed by atoms with Gasteiger partial charge in [-0.05, 0) is 37.8 Å². The topological polar surface area (TPSA) is 71.1 Å². The number of ether oxygens (including phenoxy) is 1. The molecule has 1 atom stereocenters. The molecule has 0 radical (unpaired) electrons. The lowest BCUT2D eigenvalue weighted by atomic mass is 10.0. The Balaban J connectivity index is 1.87. The molecule has 6 nitrogen and oxygen atoms in total. The van der Waals surface area contributed by atoms with Crippen molar-refractivity contribution in [3.8, 4) is 16.9 Å². The Kier molecular flexibility index (Phi) is 4.79. The van der Waals surface area contributed by atoms with Crippen LogP contribution >= 0.6 is 0 Å². The first-order valence-electron chi connectivity index (χ1n) is 9.52. The van der Waals surface area contributed by atoms with Gasteiger partial charge in [0.15, 0.2) is 5.65 Å². The Hall–Kier alpha value is -2.89. The van der Waals surface area contributed by atoms with Crippen LogP contribution in [0.1, 0.15) is 32.6 Å². The van der Waals surface area contributed by atoms with Crippen molar-refractivity contribution in [1.29, 1.82) is 0 Å². The normalized spacial score (nSPS) is 17.3. The van der Waals surface area contributed by atoms with E-state index in [-0.39, 0.29) is 5.56 Å². The van der Waals surface area contributed by atoms with Crippen molar-refractivity contribution < 1.29 is 4.74 Å². The van der Waals surface area contributed by atoms with Gasteiger partial charge in [0.25, 0.3) is 5.56 Å². The third-order valence-corrected chi connectivity index (χ3v) is 5.36. The molecule has 4 rings (SSSR count). The van der Waals surface area contributed by atoms with Crippen LogP contribution in [0.3, 0.4) is 0 Å². The molecule has 1 fully saturated rings. The lowest BCUT2D eigenvalue weighted by Crippen LogP contribution is -2.41. The standard InChI is InChI=1S/C21H24N4O2/c1-3-14-8-6-7-13-25(14)21-23-19-18(20(26)24-21)16(11-12-22-19)15-9-4-5-10-17(15)27-2/h4-5,9-12,14H,3,6-8,13H2,1-2H3,(H,22,23,24,26). The van der Waals surface area contributed by atoms with Gasteiger partial charge in [0.05, 0.1) is 12.5 Å². The van der Waals surface area contributed by atoms with Crippen LogP contribution < -0.4 is 15.2 Å². The first-order valence-corrected chi connectivity index (χ1v) is 9.52. The molecule has 1 aliphatic rings. The van der Waals surface area contributed by atoms with Crippen LogP contribution in [-0.2, 0) is 0 Å². The number of aromatic amines is 1. The summed E-state index contributed by atoms with van der Waals surface area (Å²) in [6.07, 6.45) is 6.22. The molecule has 0 bridgehead atoms. The zero-order chi connectivity index (χ0) is 18.8. The summed E-state index contributed by atoms with van der Waals surface area (Å²) in [6.45, 7) is 3.10. The predicted molar refractivity (Wildman–Crippen MR) is 107 cm³/mol. The van der Waals surface area contributed by atoms with Crippen LogP contribution in [0.2, 0.25) is 0 Å². The molecule has 0 aliphatic carbocycles. The number of hydrogen-bond acceptors (Lipinski definition) is 5. The Morgan fingerprint density at radius 1 is 1.22 bits per heavy atom. The van der Waals surface area contributed by atoms with Gasteiger partial charge >= 0.3 is 0 Å². The minimum Gasteiger partial charge on any atom is -0.496 e. The van der Waals surface area contributed by atoms with Gasteiger partial charge < -0.3 is 9.64 Å². The number of benzene rings is 1. The molecular weight excluding hydrogens is 340 g/mol. The average molecular weight is 364 g/mol. The number of para-hydroxylation sites is 1. The van der Waals surface area contributed by atoms with E-state index in [1.807, 2.05) is 30.3 Å². The molecular formula is C21H24N4O2. The monoisotopic (exact) mass is 364 g/mol. The average Bonchev–Trinajstić information content (AvgIpc) is 2.73. The van der Waals surface area contributed by atoms with Gasteiger partial charge in [-0.25, -0.2) is 4.98 Å². The van der Waals surface area contributed by atoms with E-state index in [2.05, 4.69) is 21.8 Å².